The van der Waals surface area contributed by atoms with Gasteiger partial charge in [0.25, 0.3) is 0 Å². The first kappa shape index (κ1) is 10.6. The van der Waals surface area contributed by atoms with Crippen molar-refractivity contribution in [3.05, 3.63) is 28.8 Å². The summed E-state index contributed by atoms with van der Waals surface area (Å²) in [4.78, 5) is 1.19. The molecule has 0 bridgehead atoms. The topological polar surface area (TPSA) is 21.3 Å². The van der Waals surface area contributed by atoms with E-state index in [-0.39, 0.29) is 0 Å². The molecule has 0 aromatic heterocycles. The molecule has 1 N–H and O–H groups in total. The molecule has 0 aliphatic heterocycles. The van der Waals surface area contributed by atoms with Gasteiger partial charge in [-0.2, -0.15) is 5.48 Å². The van der Waals surface area contributed by atoms with E-state index in [0.717, 1.165) is 0 Å². The first-order valence-corrected chi connectivity index (χ1v) is 4.97. The summed E-state index contributed by atoms with van der Waals surface area (Å²) in [5.74, 6) is 0. The highest BCUT2D eigenvalue weighted by Gasteiger charge is 2.04. The highest BCUT2D eigenvalue weighted by Crippen LogP contribution is 2.27. The van der Waals surface area contributed by atoms with Crippen LogP contribution in [0.2, 0.25) is 0 Å². The van der Waals surface area contributed by atoms with Crippen LogP contribution in [0.5, 0.6) is 0 Å². The average Bonchev–Trinajstić information content (AvgIpc) is 2.02. The Labute approximate surface area is 83.8 Å². The minimum absolute atomic E-state index is 1.19. The zero-order chi connectivity index (χ0) is 9.84. The second-order valence-corrected chi connectivity index (χ2v) is 3.84. The first-order chi connectivity index (χ1) is 6.15. The van der Waals surface area contributed by atoms with Crippen LogP contribution in [-0.2, 0) is 4.28 Å². The molecule has 0 atom stereocenters. The Kier molecular flexibility index (Phi) is 3.78. The van der Waals surface area contributed by atoms with Gasteiger partial charge >= 0.3 is 0 Å². The Morgan fingerprint density at radius 2 is 1.69 bits per heavy atom. The molecule has 0 aliphatic rings. The summed E-state index contributed by atoms with van der Waals surface area (Å²) in [6.45, 7) is 6.30. The maximum atomic E-state index is 5.09. The van der Waals surface area contributed by atoms with Crippen molar-refractivity contribution < 1.29 is 4.28 Å². The van der Waals surface area contributed by atoms with E-state index in [9.17, 15) is 0 Å². The minimum atomic E-state index is 1.19. The molecule has 0 heterocycles. The summed E-state index contributed by atoms with van der Waals surface area (Å²) in [6, 6.07) is 4.32. The van der Waals surface area contributed by atoms with Gasteiger partial charge in [0.2, 0.25) is 0 Å². The van der Waals surface area contributed by atoms with Crippen LogP contribution in [-0.4, -0.2) is 7.05 Å². The van der Waals surface area contributed by atoms with Crippen LogP contribution in [0, 0.1) is 20.8 Å². The Morgan fingerprint density at radius 1 is 1.15 bits per heavy atom. The van der Waals surface area contributed by atoms with Crippen molar-refractivity contribution in [1.29, 1.82) is 0 Å². The summed E-state index contributed by atoms with van der Waals surface area (Å²) in [7, 11) is 1.76. The lowest BCUT2D eigenvalue weighted by molar-refractivity contribution is 0.271. The summed E-state index contributed by atoms with van der Waals surface area (Å²) >= 11 is 1.37. The summed E-state index contributed by atoms with van der Waals surface area (Å²) in [6.07, 6.45) is 0. The van der Waals surface area contributed by atoms with Crippen molar-refractivity contribution >= 4 is 12.0 Å². The van der Waals surface area contributed by atoms with Gasteiger partial charge in [-0.05, 0) is 31.9 Å². The Morgan fingerprint density at radius 3 is 2.15 bits per heavy atom. The number of hydrogen-bond acceptors (Lipinski definition) is 3. The van der Waals surface area contributed by atoms with Crippen LogP contribution < -0.4 is 5.48 Å². The highest BCUT2D eigenvalue weighted by molar-refractivity contribution is 7.94. The number of nitrogens with one attached hydrogen (secondary N) is 1. The fourth-order valence-electron chi connectivity index (χ4n) is 1.38. The number of hydrogen-bond donors (Lipinski definition) is 1. The Hall–Kier alpha value is -0.510. The highest BCUT2D eigenvalue weighted by atomic mass is 32.2. The largest absolute Gasteiger partial charge is 0.227 e. The number of hydroxylamine groups is 1. The van der Waals surface area contributed by atoms with Crippen LogP contribution in [0.25, 0.3) is 0 Å². The van der Waals surface area contributed by atoms with E-state index >= 15 is 0 Å². The van der Waals surface area contributed by atoms with Crippen molar-refractivity contribution in [3.63, 3.8) is 0 Å². The molecule has 0 spiro atoms. The smallest absolute Gasteiger partial charge is 0.0529 e. The molecule has 3 heteroatoms. The molecule has 0 saturated carbocycles. The zero-order valence-electron chi connectivity index (χ0n) is 8.47. The van der Waals surface area contributed by atoms with E-state index in [4.69, 9.17) is 4.28 Å². The quantitative estimate of drug-likeness (QED) is 0.594. The molecule has 1 aromatic rings. The molecular weight excluding hydrogens is 182 g/mol. The molecular formula is C10H15NOS. The monoisotopic (exact) mass is 197 g/mol. The maximum absolute atomic E-state index is 5.09. The molecule has 0 unspecified atom stereocenters. The van der Waals surface area contributed by atoms with Gasteiger partial charge in [0.1, 0.15) is 0 Å². The van der Waals surface area contributed by atoms with Gasteiger partial charge in [-0.1, -0.05) is 17.7 Å². The van der Waals surface area contributed by atoms with E-state index in [2.05, 4.69) is 38.4 Å². The van der Waals surface area contributed by atoms with Gasteiger partial charge in [-0.3, -0.25) is 0 Å². The van der Waals surface area contributed by atoms with Crippen molar-refractivity contribution in [1.82, 2.24) is 5.48 Å². The third kappa shape index (κ3) is 2.72. The third-order valence-electron chi connectivity index (χ3n) is 1.81. The molecule has 72 valence electrons. The standard InChI is InChI=1S/C10H15NOS/c1-7-5-8(2)10(9(3)6-7)13-12-11-4/h5-6,11H,1-4H3. The van der Waals surface area contributed by atoms with E-state index in [1.54, 1.807) is 7.05 Å². The van der Waals surface area contributed by atoms with Gasteiger partial charge in [0, 0.05) is 11.9 Å². The van der Waals surface area contributed by atoms with E-state index in [1.165, 1.54) is 33.6 Å². The van der Waals surface area contributed by atoms with Gasteiger partial charge in [-0.25, -0.2) is 4.28 Å². The van der Waals surface area contributed by atoms with Crippen LogP contribution in [0.15, 0.2) is 17.0 Å². The van der Waals surface area contributed by atoms with Gasteiger partial charge < -0.3 is 0 Å². The molecule has 0 amide bonds. The minimum Gasteiger partial charge on any atom is -0.227 e. The number of rotatable bonds is 3. The zero-order valence-corrected chi connectivity index (χ0v) is 9.29. The molecule has 1 aromatic carbocycles. The van der Waals surface area contributed by atoms with Crippen LogP contribution in [0.3, 0.4) is 0 Å². The van der Waals surface area contributed by atoms with E-state index in [1.807, 2.05) is 0 Å². The van der Waals surface area contributed by atoms with Gasteiger partial charge in [0.15, 0.2) is 0 Å². The normalized spacial score (nSPS) is 10.5. The van der Waals surface area contributed by atoms with Gasteiger partial charge in [-0.15, -0.1) is 0 Å². The molecule has 0 radical (unpaired) electrons. The predicted octanol–water partition coefficient (Wildman–Crippen LogP) is 2.77. The summed E-state index contributed by atoms with van der Waals surface area (Å²) in [5.41, 5.74) is 6.47. The summed E-state index contributed by atoms with van der Waals surface area (Å²) < 4.78 is 5.09. The first-order valence-electron chi connectivity index (χ1n) is 4.23. The Bertz CT molecular complexity index is 276. The van der Waals surface area contributed by atoms with Crippen LogP contribution in [0.4, 0.5) is 0 Å². The SMILES string of the molecule is CNOSc1c(C)cc(C)cc1C. The predicted molar refractivity (Wildman–Crippen MR) is 56.7 cm³/mol. The third-order valence-corrected chi connectivity index (χ3v) is 2.87. The molecule has 0 aliphatic carbocycles. The second-order valence-electron chi connectivity index (χ2n) is 3.10. The lowest BCUT2D eigenvalue weighted by Gasteiger charge is -2.08. The van der Waals surface area contributed by atoms with Crippen LogP contribution in [0.1, 0.15) is 16.7 Å². The lowest BCUT2D eigenvalue weighted by atomic mass is 10.1. The summed E-state index contributed by atoms with van der Waals surface area (Å²) in [5, 5.41) is 0. The van der Waals surface area contributed by atoms with Gasteiger partial charge in [0.05, 0.1) is 12.0 Å². The fraction of sp³-hybridized carbons (Fsp3) is 0.400. The van der Waals surface area contributed by atoms with Crippen LogP contribution >= 0.6 is 12.0 Å². The number of aryl methyl sites for hydroxylation is 3. The molecule has 0 fully saturated rings. The van der Waals surface area contributed by atoms with Crippen molar-refractivity contribution in [2.75, 3.05) is 7.05 Å². The van der Waals surface area contributed by atoms with E-state index in [0.29, 0.717) is 0 Å². The molecule has 2 nitrogen and oxygen atoms in total. The maximum Gasteiger partial charge on any atom is 0.0529 e. The number of benzene rings is 1. The lowest BCUT2D eigenvalue weighted by Crippen LogP contribution is -2.00. The average molecular weight is 197 g/mol. The van der Waals surface area contributed by atoms with Crippen molar-refractivity contribution in [2.24, 2.45) is 0 Å². The van der Waals surface area contributed by atoms with E-state index < -0.39 is 0 Å². The van der Waals surface area contributed by atoms with Crippen molar-refractivity contribution in [3.8, 4) is 0 Å². The van der Waals surface area contributed by atoms with Crippen molar-refractivity contribution in [2.45, 2.75) is 25.7 Å². The second kappa shape index (κ2) is 4.65. The molecule has 0 saturated heterocycles. The molecule has 13 heavy (non-hydrogen) atoms. The fourth-order valence-corrected chi connectivity index (χ4v) is 1.93. The molecule has 1 rings (SSSR count). The Balaban J connectivity index is 2.92.